The molecule has 20 atom stereocenters. The van der Waals surface area contributed by atoms with Crippen LogP contribution in [-0.2, 0) is 37.9 Å². The minimum absolute atomic E-state index is 0.00126. The fourth-order valence-electron chi connectivity index (χ4n) is 7.52. The standard InChI is InChI=1S/C33H60O18/c1-5-19-28(39)25(36)16(14(2)48-19)8-45-12-23-30(41)27(38)18(20(6-34)50-23)10-47-11-22-29(40)26(37)17(15(3)49-22)9-46-13-24-32(43)33(44-4)31(42)21(7-35)51-24/h14-43H,5-13H2,1-4H3/t14?,15?,16-,17+,18+,19-,20?,21?,22-,23-,24-,25-,26+,27+,28+,29+,30+,31+,32+,33+/m0/s1. The molecule has 0 aromatic rings. The zero-order valence-electron chi connectivity index (χ0n) is 29.6. The number of methoxy groups -OCH3 is 1. The van der Waals surface area contributed by atoms with Crippen molar-refractivity contribution in [3.05, 3.63) is 0 Å². The third kappa shape index (κ3) is 9.94. The van der Waals surface area contributed by atoms with Gasteiger partial charge < -0.3 is 89.0 Å². The van der Waals surface area contributed by atoms with Gasteiger partial charge in [0.2, 0.25) is 0 Å². The van der Waals surface area contributed by atoms with E-state index >= 15 is 0 Å². The third-order valence-electron chi connectivity index (χ3n) is 10.9. The highest BCUT2D eigenvalue weighted by Crippen LogP contribution is 2.32. The van der Waals surface area contributed by atoms with E-state index in [2.05, 4.69) is 0 Å². The lowest BCUT2D eigenvalue weighted by atomic mass is 9.86. The van der Waals surface area contributed by atoms with Gasteiger partial charge in [0, 0.05) is 24.9 Å². The maximum atomic E-state index is 10.9. The van der Waals surface area contributed by atoms with Crippen molar-refractivity contribution in [3.63, 3.8) is 0 Å². The lowest BCUT2D eigenvalue weighted by Crippen LogP contribution is -2.60. The first-order chi connectivity index (χ1) is 24.3. The van der Waals surface area contributed by atoms with Crippen LogP contribution in [0.4, 0.5) is 0 Å². The molecule has 51 heavy (non-hydrogen) atoms. The van der Waals surface area contributed by atoms with Gasteiger partial charge in [0.25, 0.3) is 0 Å². The Morgan fingerprint density at radius 3 is 1.27 bits per heavy atom. The van der Waals surface area contributed by atoms with Crippen LogP contribution in [0.25, 0.3) is 0 Å². The van der Waals surface area contributed by atoms with E-state index < -0.39 is 135 Å². The van der Waals surface area contributed by atoms with Gasteiger partial charge in [-0.1, -0.05) is 6.92 Å². The van der Waals surface area contributed by atoms with E-state index in [1.807, 2.05) is 6.92 Å². The molecule has 0 aliphatic carbocycles. The zero-order valence-corrected chi connectivity index (χ0v) is 29.6. The Morgan fingerprint density at radius 1 is 0.431 bits per heavy atom. The average molecular weight is 745 g/mol. The Morgan fingerprint density at radius 2 is 0.804 bits per heavy atom. The third-order valence-corrected chi connectivity index (χ3v) is 10.9. The van der Waals surface area contributed by atoms with Crippen molar-refractivity contribution in [2.24, 2.45) is 17.8 Å². The lowest BCUT2D eigenvalue weighted by molar-refractivity contribution is -0.252. The van der Waals surface area contributed by atoms with Gasteiger partial charge in [-0.2, -0.15) is 0 Å². The Balaban J connectivity index is 1.21. The molecule has 0 radical (unpaired) electrons. The second-order valence-electron chi connectivity index (χ2n) is 14.2. The summed E-state index contributed by atoms with van der Waals surface area (Å²) < 4.78 is 45.5. The second kappa shape index (κ2) is 19.7. The Bertz CT molecular complexity index is 1010. The van der Waals surface area contributed by atoms with Crippen molar-refractivity contribution in [2.75, 3.05) is 60.0 Å². The zero-order chi connectivity index (χ0) is 37.6. The number of aliphatic hydroxyl groups excluding tert-OH is 10. The minimum Gasteiger partial charge on any atom is -0.394 e. The largest absolute Gasteiger partial charge is 0.394 e. The first-order valence-corrected chi connectivity index (χ1v) is 17.8. The number of hydrogen-bond donors (Lipinski definition) is 10. The lowest BCUT2D eigenvalue weighted by Gasteiger charge is -2.44. The summed E-state index contributed by atoms with van der Waals surface area (Å²) in [6.07, 6.45) is -16.8. The summed E-state index contributed by atoms with van der Waals surface area (Å²) in [7, 11) is 1.32. The molecule has 18 nitrogen and oxygen atoms in total. The van der Waals surface area contributed by atoms with Gasteiger partial charge in [0.1, 0.15) is 61.0 Å². The first-order valence-electron chi connectivity index (χ1n) is 17.8. The molecule has 0 bridgehead atoms. The van der Waals surface area contributed by atoms with Crippen LogP contribution in [0.5, 0.6) is 0 Å². The van der Waals surface area contributed by atoms with Gasteiger partial charge in [-0.25, -0.2) is 0 Å². The Kier molecular flexibility index (Phi) is 16.7. The van der Waals surface area contributed by atoms with E-state index in [0.717, 1.165) is 0 Å². The number of hydrogen-bond acceptors (Lipinski definition) is 18. The van der Waals surface area contributed by atoms with Crippen molar-refractivity contribution in [2.45, 2.75) is 131 Å². The van der Waals surface area contributed by atoms with Gasteiger partial charge in [-0.3, -0.25) is 0 Å². The van der Waals surface area contributed by atoms with Crippen LogP contribution in [0, 0.1) is 17.8 Å². The Hall–Kier alpha value is -0.720. The summed E-state index contributed by atoms with van der Waals surface area (Å²) in [5.41, 5.74) is 0. The summed E-state index contributed by atoms with van der Waals surface area (Å²) in [4.78, 5) is 0. The van der Waals surface area contributed by atoms with Gasteiger partial charge in [-0.15, -0.1) is 0 Å². The maximum Gasteiger partial charge on any atom is 0.114 e. The molecule has 4 fully saturated rings. The molecule has 18 heteroatoms. The van der Waals surface area contributed by atoms with Crippen LogP contribution in [-0.4, -0.2) is 215 Å². The molecule has 0 aromatic heterocycles. The number of ether oxygens (including phenoxy) is 8. The van der Waals surface area contributed by atoms with Crippen molar-refractivity contribution in [1.82, 2.24) is 0 Å². The SMILES string of the molecule is CC[C@@H]1OC(C)[C@H](COC[C@@H]2OC(CO)[C@@H](COC[C@@H]3OC(C)[C@@H](COC[C@@H]4OC(CO)[C@@H](O)[C@@H](OC)[C@@H]4O)[C@@H](O)[C@@H]3O)[C@@H](O)[C@@H]2O)[C@H](O)[C@@H]1O. The molecular weight excluding hydrogens is 684 g/mol. The normalized spacial score (nSPS) is 48.1. The summed E-state index contributed by atoms with van der Waals surface area (Å²) in [5.74, 6) is -2.07. The van der Waals surface area contributed by atoms with Gasteiger partial charge in [0.05, 0.1) is 95.6 Å². The Labute approximate surface area is 297 Å². The highest BCUT2D eigenvalue weighted by Gasteiger charge is 2.48. The molecule has 4 aliphatic heterocycles. The van der Waals surface area contributed by atoms with Crippen LogP contribution in [0.15, 0.2) is 0 Å². The first kappa shape index (κ1) is 43.0. The molecular formula is C33H60O18. The summed E-state index contributed by atoms with van der Waals surface area (Å²) in [5, 5.41) is 105. The summed E-state index contributed by atoms with van der Waals surface area (Å²) >= 11 is 0. The predicted octanol–water partition coefficient (Wildman–Crippen LogP) is -4.71. The van der Waals surface area contributed by atoms with Crippen LogP contribution in [0.3, 0.4) is 0 Å². The number of rotatable bonds is 16. The topological polar surface area (TPSA) is 276 Å². The van der Waals surface area contributed by atoms with Crippen LogP contribution >= 0.6 is 0 Å². The average Bonchev–Trinajstić information content (AvgIpc) is 3.11. The van der Waals surface area contributed by atoms with E-state index in [0.29, 0.717) is 6.42 Å². The fourth-order valence-corrected chi connectivity index (χ4v) is 7.52. The van der Waals surface area contributed by atoms with E-state index in [-0.39, 0.29) is 39.6 Å². The summed E-state index contributed by atoms with van der Waals surface area (Å²) in [6.45, 7) is 3.55. The molecule has 4 heterocycles. The highest BCUT2D eigenvalue weighted by atomic mass is 16.6. The van der Waals surface area contributed by atoms with Crippen molar-refractivity contribution >= 4 is 0 Å². The minimum atomic E-state index is -1.40. The quantitative estimate of drug-likeness (QED) is 0.0711. The maximum absolute atomic E-state index is 10.9. The van der Waals surface area contributed by atoms with Crippen molar-refractivity contribution < 1.29 is 89.0 Å². The molecule has 4 rings (SSSR count). The fraction of sp³-hybridized carbons (Fsp3) is 1.00. The van der Waals surface area contributed by atoms with E-state index in [1.165, 1.54) is 7.11 Å². The van der Waals surface area contributed by atoms with E-state index in [1.54, 1.807) is 13.8 Å². The molecule has 0 aromatic carbocycles. The van der Waals surface area contributed by atoms with E-state index in [9.17, 15) is 51.1 Å². The molecule has 0 amide bonds. The van der Waals surface area contributed by atoms with Crippen LogP contribution in [0.1, 0.15) is 27.2 Å². The van der Waals surface area contributed by atoms with E-state index in [4.69, 9.17) is 37.9 Å². The molecule has 10 N–H and O–H groups in total. The molecule has 4 aliphatic rings. The molecule has 0 spiro atoms. The van der Waals surface area contributed by atoms with Crippen LogP contribution < -0.4 is 0 Å². The van der Waals surface area contributed by atoms with Crippen LogP contribution in [0.2, 0.25) is 0 Å². The molecule has 4 saturated heterocycles. The van der Waals surface area contributed by atoms with Crippen molar-refractivity contribution in [3.8, 4) is 0 Å². The second-order valence-corrected chi connectivity index (χ2v) is 14.2. The molecule has 300 valence electrons. The summed E-state index contributed by atoms with van der Waals surface area (Å²) in [6, 6.07) is 0. The monoisotopic (exact) mass is 744 g/mol. The molecule has 0 saturated carbocycles. The molecule has 4 unspecified atom stereocenters. The number of aliphatic hydroxyl groups is 10. The van der Waals surface area contributed by atoms with Gasteiger partial charge in [0.15, 0.2) is 0 Å². The van der Waals surface area contributed by atoms with Gasteiger partial charge in [-0.05, 0) is 20.3 Å². The smallest absolute Gasteiger partial charge is 0.114 e. The van der Waals surface area contributed by atoms with Crippen molar-refractivity contribution in [1.29, 1.82) is 0 Å². The van der Waals surface area contributed by atoms with Gasteiger partial charge >= 0.3 is 0 Å². The predicted molar refractivity (Wildman–Crippen MR) is 172 cm³/mol. The highest BCUT2D eigenvalue weighted by molar-refractivity contribution is 4.96.